The average Bonchev–Trinajstić information content (AvgIpc) is 3.35. The summed E-state index contributed by atoms with van der Waals surface area (Å²) in [4.78, 5) is 10.4. The van der Waals surface area contributed by atoms with Crippen LogP contribution in [0.5, 0.6) is 0 Å². The first kappa shape index (κ1) is 17.0. The Morgan fingerprint density at radius 3 is 2.89 bits per heavy atom. The topological polar surface area (TPSA) is 116 Å². The number of nitrogens with two attached hydrogens (primary N) is 1. The zero-order chi connectivity index (χ0) is 18.6. The van der Waals surface area contributed by atoms with E-state index < -0.39 is 0 Å². The standard InChI is InChI=1S/C19H17N7S/c20-11-13-15(25-26-17(13)21)7-3-9-22-18-12-5-1-2-6-14(12)23-19(24-18)16-8-4-10-27-16/h1-2,4-6,8,10H,3,7,9H2,(H3,21,25,26)(H,22,23,24). The van der Waals surface area contributed by atoms with Gasteiger partial charge in [-0.05, 0) is 36.4 Å². The van der Waals surface area contributed by atoms with Gasteiger partial charge in [-0.1, -0.05) is 18.2 Å². The molecule has 0 saturated heterocycles. The van der Waals surface area contributed by atoms with Gasteiger partial charge < -0.3 is 11.1 Å². The van der Waals surface area contributed by atoms with Gasteiger partial charge in [0.15, 0.2) is 11.6 Å². The summed E-state index contributed by atoms with van der Waals surface area (Å²) in [7, 11) is 0. The molecule has 0 atom stereocenters. The van der Waals surface area contributed by atoms with E-state index in [1.54, 1.807) is 11.3 Å². The molecular formula is C19H17N7S. The van der Waals surface area contributed by atoms with Gasteiger partial charge in [-0.3, -0.25) is 5.10 Å². The number of thiophene rings is 1. The van der Waals surface area contributed by atoms with Gasteiger partial charge in [-0.25, -0.2) is 9.97 Å². The molecule has 8 heteroatoms. The average molecular weight is 375 g/mol. The number of aryl methyl sites for hydroxylation is 1. The molecule has 0 amide bonds. The summed E-state index contributed by atoms with van der Waals surface area (Å²) in [6.45, 7) is 0.703. The molecule has 4 rings (SSSR count). The van der Waals surface area contributed by atoms with Crippen molar-refractivity contribution in [3.05, 3.63) is 53.0 Å². The van der Waals surface area contributed by atoms with Gasteiger partial charge in [0.05, 0.1) is 16.1 Å². The molecule has 0 aliphatic carbocycles. The molecule has 0 fully saturated rings. The van der Waals surface area contributed by atoms with Gasteiger partial charge in [-0.15, -0.1) is 11.3 Å². The lowest BCUT2D eigenvalue weighted by Gasteiger charge is -2.10. The molecule has 134 valence electrons. The molecule has 0 spiro atoms. The minimum Gasteiger partial charge on any atom is -0.381 e. The molecule has 0 bridgehead atoms. The zero-order valence-electron chi connectivity index (χ0n) is 14.4. The number of hydrogen-bond donors (Lipinski definition) is 3. The number of nitrogens with one attached hydrogen (secondary N) is 2. The number of rotatable bonds is 6. The van der Waals surface area contributed by atoms with Gasteiger partial charge >= 0.3 is 0 Å². The molecule has 0 aliphatic rings. The minimum atomic E-state index is 0.253. The Balaban J connectivity index is 1.52. The van der Waals surface area contributed by atoms with Gasteiger partial charge in [-0.2, -0.15) is 10.4 Å². The molecule has 0 saturated carbocycles. The fourth-order valence-corrected chi connectivity index (χ4v) is 3.56. The highest BCUT2D eigenvalue weighted by Crippen LogP contribution is 2.27. The van der Waals surface area contributed by atoms with Crippen molar-refractivity contribution in [1.29, 1.82) is 5.26 Å². The van der Waals surface area contributed by atoms with E-state index in [9.17, 15) is 0 Å². The van der Waals surface area contributed by atoms with E-state index in [0.29, 0.717) is 18.5 Å². The second-order valence-electron chi connectivity index (χ2n) is 5.99. The third kappa shape index (κ3) is 3.45. The molecule has 27 heavy (non-hydrogen) atoms. The van der Waals surface area contributed by atoms with Crippen LogP contribution in [0.15, 0.2) is 41.8 Å². The Hall–Kier alpha value is -3.44. The number of anilines is 2. The highest BCUT2D eigenvalue weighted by Gasteiger charge is 2.11. The predicted octanol–water partition coefficient (Wildman–Crippen LogP) is 3.58. The van der Waals surface area contributed by atoms with Crippen LogP contribution in [0.4, 0.5) is 11.6 Å². The number of nitrogen functional groups attached to an aromatic ring is 1. The second-order valence-corrected chi connectivity index (χ2v) is 6.94. The van der Waals surface area contributed by atoms with Crippen LogP contribution in [0.2, 0.25) is 0 Å². The Labute approximate surface area is 159 Å². The summed E-state index contributed by atoms with van der Waals surface area (Å²) >= 11 is 1.62. The van der Waals surface area contributed by atoms with Gasteiger partial charge in [0, 0.05) is 11.9 Å². The predicted molar refractivity (Wildman–Crippen MR) is 107 cm³/mol. The maximum Gasteiger partial charge on any atom is 0.172 e. The number of H-pyrrole nitrogens is 1. The third-order valence-corrected chi connectivity index (χ3v) is 5.09. The van der Waals surface area contributed by atoms with E-state index >= 15 is 0 Å². The zero-order valence-corrected chi connectivity index (χ0v) is 15.3. The maximum absolute atomic E-state index is 9.14. The van der Waals surface area contributed by atoms with Gasteiger partial charge in [0.2, 0.25) is 0 Å². The van der Waals surface area contributed by atoms with E-state index in [0.717, 1.165) is 39.5 Å². The number of para-hydroxylation sites is 1. The second kappa shape index (κ2) is 7.43. The van der Waals surface area contributed by atoms with Crippen molar-refractivity contribution in [2.45, 2.75) is 12.8 Å². The number of nitriles is 1. The van der Waals surface area contributed by atoms with E-state index in [4.69, 9.17) is 16.0 Å². The van der Waals surface area contributed by atoms with Crippen molar-refractivity contribution in [3.8, 4) is 16.8 Å². The molecule has 7 nitrogen and oxygen atoms in total. The molecule has 1 aromatic carbocycles. The van der Waals surface area contributed by atoms with Crippen molar-refractivity contribution >= 4 is 33.9 Å². The Bertz CT molecular complexity index is 1110. The molecular weight excluding hydrogens is 358 g/mol. The maximum atomic E-state index is 9.14. The minimum absolute atomic E-state index is 0.253. The molecule has 0 unspecified atom stereocenters. The molecule has 3 aromatic heterocycles. The number of benzene rings is 1. The summed E-state index contributed by atoms with van der Waals surface area (Å²) < 4.78 is 0. The van der Waals surface area contributed by atoms with Crippen LogP contribution < -0.4 is 11.1 Å². The van der Waals surface area contributed by atoms with Gasteiger partial charge in [0.1, 0.15) is 17.5 Å². The Kier molecular flexibility index (Phi) is 4.68. The number of nitrogens with zero attached hydrogens (tertiary/aromatic N) is 4. The third-order valence-electron chi connectivity index (χ3n) is 4.22. The van der Waals surface area contributed by atoms with Gasteiger partial charge in [0.25, 0.3) is 0 Å². The normalized spacial score (nSPS) is 10.8. The van der Waals surface area contributed by atoms with Crippen molar-refractivity contribution in [3.63, 3.8) is 0 Å². The summed E-state index contributed by atoms with van der Waals surface area (Å²) in [6.07, 6.45) is 1.49. The van der Waals surface area contributed by atoms with Crippen LogP contribution in [0, 0.1) is 11.3 Å². The quantitative estimate of drug-likeness (QED) is 0.444. The first-order valence-electron chi connectivity index (χ1n) is 8.53. The lowest BCUT2D eigenvalue weighted by molar-refractivity contribution is 0.823. The van der Waals surface area contributed by atoms with E-state index in [1.165, 1.54) is 0 Å². The molecule has 0 radical (unpaired) electrons. The van der Waals surface area contributed by atoms with Crippen LogP contribution in [0.1, 0.15) is 17.7 Å². The molecule has 3 heterocycles. The Morgan fingerprint density at radius 1 is 1.19 bits per heavy atom. The fraction of sp³-hybridized carbons (Fsp3) is 0.158. The monoisotopic (exact) mass is 375 g/mol. The number of fused-ring (bicyclic) bond motifs is 1. The van der Waals surface area contributed by atoms with Crippen molar-refractivity contribution in [2.24, 2.45) is 0 Å². The van der Waals surface area contributed by atoms with Crippen LogP contribution in [-0.2, 0) is 6.42 Å². The van der Waals surface area contributed by atoms with Crippen molar-refractivity contribution < 1.29 is 0 Å². The number of hydrogen-bond acceptors (Lipinski definition) is 7. The van der Waals surface area contributed by atoms with Crippen molar-refractivity contribution in [2.75, 3.05) is 17.6 Å². The number of aromatic amines is 1. The lowest BCUT2D eigenvalue weighted by Crippen LogP contribution is -2.07. The molecule has 4 aromatic rings. The summed E-state index contributed by atoms with van der Waals surface area (Å²) in [5.41, 5.74) is 7.78. The fourth-order valence-electron chi connectivity index (χ4n) is 2.90. The van der Waals surface area contributed by atoms with Crippen molar-refractivity contribution in [1.82, 2.24) is 20.2 Å². The summed E-state index contributed by atoms with van der Waals surface area (Å²) in [5, 5.41) is 22.3. The van der Waals surface area contributed by atoms with E-state index in [1.807, 2.05) is 41.8 Å². The molecule has 0 aliphatic heterocycles. The largest absolute Gasteiger partial charge is 0.381 e. The summed E-state index contributed by atoms with van der Waals surface area (Å²) in [6, 6.07) is 14.1. The van der Waals surface area contributed by atoms with Crippen LogP contribution in [0.3, 0.4) is 0 Å². The van der Waals surface area contributed by atoms with Crippen LogP contribution >= 0.6 is 11.3 Å². The first-order chi connectivity index (χ1) is 13.3. The highest BCUT2D eigenvalue weighted by atomic mass is 32.1. The lowest BCUT2D eigenvalue weighted by atomic mass is 10.1. The van der Waals surface area contributed by atoms with E-state index in [2.05, 4.69) is 26.6 Å². The smallest absolute Gasteiger partial charge is 0.172 e. The SMILES string of the molecule is N#Cc1c(N)n[nH]c1CCCNc1nc(-c2cccs2)nc2ccccc12. The van der Waals surface area contributed by atoms with Crippen LogP contribution in [0.25, 0.3) is 21.6 Å². The summed E-state index contributed by atoms with van der Waals surface area (Å²) in [5.74, 6) is 1.79. The van der Waals surface area contributed by atoms with Crippen LogP contribution in [-0.4, -0.2) is 26.7 Å². The van der Waals surface area contributed by atoms with E-state index in [-0.39, 0.29) is 5.82 Å². The Morgan fingerprint density at radius 2 is 2.07 bits per heavy atom. The molecule has 4 N–H and O–H groups in total. The number of aromatic nitrogens is 4. The highest BCUT2D eigenvalue weighted by molar-refractivity contribution is 7.13. The first-order valence-corrected chi connectivity index (χ1v) is 9.41.